The second-order valence-corrected chi connectivity index (χ2v) is 6.27. The van der Waals surface area contributed by atoms with Crippen LogP contribution in [-0.4, -0.2) is 63.7 Å². The molecule has 9 heteroatoms. The zero-order valence-electron chi connectivity index (χ0n) is 14.9. The molecule has 1 amide bonds. The van der Waals surface area contributed by atoms with Crippen LogP contribution in [0.3, 0.4) is 0 Å². The first-order chi connectivity index (χ1) is 12.0. The fourth-order valence-electron chi connectivity index (χ4n) is 2.85. The van der Waals surface area contributed by atoms with Gasteiger partial charge in [0.05, 0.1) is 18.3 Å². The number of nitrogens with one attached hydrogen (secondary N) is 1. The second-order valence-electron chi connectivity index (χ2n) is 6.27. The maximum Gasteiger partial charge on any atom is 0.243 e. The highest BCUT2D eigenvalue weighted by atomic mass is 16.5. The van der Waals surface area contributed by atoms with Crippen molar-refractivity contribution in [3.8, 4) is 0 Å². The van der Waals surface area contributed by atoms with Crippen LogP contribution >= 0.6 is 0 Å². The quantitative estimate of drug-likeness (QED) is 0.832. The Balaban J connectivity index is 1.45. The molecule has 1 fully saturated rings. The summed E-state index contributed by atoms with van der Waals surface area (Å²) in [6.45, 7) is 9.53. The van der Waals surface area contributed by atoms with Crippen molar-refractivity contribution < 1.29 is 13.8 Å². The molecule has 2 aromatic rings. The van der Waals surface area contributed by atoms with Crippen LogP contribution in [0.25, 0.3) is 0 Å². The van der Waals surface area contributed by atoms with Crippen molar-refractivity contribution in [1.29, 1.82) is 0 Å². The van der Waals surface area contributed by atoms with Crippen molar-refractivity contribution in [2.75, 3.05) is 38.0 Å². The number of nitrogens with zero attached hydrogens (tertiary/aromatic N) is 5. The van der Waals surface area contributed by atoms with Gasteiger partial charge in [-0.25, -0.2) is 0 Å². The second kappa shape index (κ2) is 7.75. The summed E-state index contributed by atoms with van der Waals surface area (Å²) in [4.78, 5) is 20.9. The van der Waals surface area contributed by atoms with E-state index in [9.17, 15) is 4.79 Å². The average molecular weight is 348 g/mol. The van der Waals surface area contributed by atoms with Gasteiger partial charge >= 0.3 is 0 Å². The Morgan fingerprint density at radius 2 is 2.04 bits per heavy atom. The largest absolute Gasteiger partial charge is 0.338 e. The number of anilines is 1. The van der Waals surface area contributed by atoms with Gasteiger partial charge in [0.15, 0.2) is 5.82 Å². The predicted octanol–water partition coefficient (Wildman–Crippen LogP) is 1.25. The van der Waals surface area contributed by atoms with Gasteiger partial charge in [0, 0.05) is 38.7 Å². The third-order valence-electron chi connectivity index (χ3n) is 4.37. The van der Waals surface area contributed by atoms with Crippen LogP contribution in [0.2, 0.25) is 0 Å². The Bertz CT molecular complexity index is 704. The van der Waals surface area contributed by atoms with Crippen LogP contribution in [0.5, 0.6) is 0 Å². The molecule has 9 nitrogen and oxygen atoms in total. The van der Waals surface area contributed by atoms with Crippen LogP contribution in [0.4, 0.5) is 5.88 Å². The fourth-order valence-corrected chi connectivity index (χ4v) is 2.85. The van der Waals surface area contributed by atoms with Crippen molar-refractivity contribution in [2.45, 2.75) is 33.2 Å². The summed E-state index contributed by atoms with van der Waals surface area (Å²) < 4.78 is 10.3. The van der Waals surface area contributed by atoms with E-state index < -0.39 is 0 Å². The third kappa shape index (κ3) is 4.43. The van der Waals surface area contributed by atoms with Gasteiger partial charge in [-0.1, -0.05) is 17.2 Å². The van der Waals surface area contributed by atoms with E-state index in [0.717, 1.165) is 44.1 Å². The number of aryl methyl sites for hydroxylation is 2. The first-order valence-electron chi connectivity index (χ1n) is 8.57. The van der Waals surface area contributed by atoms with Gasteiger partial charge in [-0.05, 0) is 13.8 Å². The molecule has 25 heavy (non-hydrogen) atoms. The van der Waals surface area contributed by atoms with Crippen LogP contribution in [0.15, 0.2) is 15.1 Å². The molecule has 2 aromatic heterocycles. The number of hydrogen-bond acceptors (Lipinski definition) is 8. The molecular formula is C16H24N6O3. The maximum atomic E-state index is 12.1. The molecule has 1 unspecified atom stereocenters. The highest BCUT2D eigenvalue weighted by Crippen LogP contribution is 2.20. The lowest BCUT2D eigenvalue weighted by atomic mass is 10.2. The van der Waals surface area contributed by atoms with E-state index in [1.165, 1.54) is 0 Å². The van der Waals surface area contributed by atoms with Gasteiger partial charge in [-0.15, -0.1) is 0 Å². The Morgan fingerprint density at radius 3 is 2.64 bits per heavy atom. The van der Waals surface area contributed by atoms with Gasteiger partial charge in [-0.3, -0.25) is 19.9 Å². The Hall–Kier alpha value is -2.26. The topological polar surface area (TPSA) is 101 Å². The smallest absolute Gasteiger partial charge is 0.243 e. The molecule has 0 saturated carbocycles. The van der Waals surface area contributed by atoms with Crippen LogP contribution in [0, 0.1) is 6.92 Å². The first kappa shape index (κ1) is 17.6. The summed E-state index contributed by atoms with van der Waals surface area (Å²) in [7, 11) is 0. The molecule has 3 heterocycles. The Labute approximate surface area is 146 Å². The van der Waals surface area contributed by atoms with Crippen LogP contribution < -0.4 is 5.32 Å². The lowest BCUT2D eigenvalue weighted by Crippen LogP contribution is -2.49. The van der Waals surface area contributed by atoms with E-state index in [1.807, 2.05) is 13.8 Å². The van der Waals surface area contributed by atoms with Crippen LogP contribution in [0.1, 0.15) is 37.3 Å². The lowest BCUT2D eigenvalue weighted by molar-refractivity contribution is -0.117. The molecule has 3 rings (SSSR count). The van der Waals surface area contributed by atoms with Gasteiger partial charge < -0.3 is 9.05 Å². The van der Waals surface area contributed by atoms with Crippen molar-refractivity contribution >= 4 is 11.8 Å². The molecule has 0 spiro atoms. The normalized spacial score (nSPS) is 17.6. The molecule has 1 aliphatic heterocycles. The minimum Gasteiger partial charge on any atom is -0.338 e. The summed E-state index contributed by atoms with van der Waals surface area (Å²) in [6, 6.07) is 1.79. The molecule has 0 bridgehead atoms. The van der Waals surface area contributed by atoms with Gasteiger partial charge in [0.1, 0.15) is 0 Å². The molecule has 1 saturated heterocycles. The first-order valence-corrected chi connectivity index (χ1v) is 8.57. The number of rotatable bonds is 6. The van der Waals surface area contributed by atoms with E-state index in [-0.39, 0.29) is 11.9 Å². The zero-order chi connectivity index (χ0) is 17.8. The van der Waals surface area contributed by atoms with E-state index >= 15 is 0 Å². The minimum absolute atomic E-state index is 0.0842. The number of carbonyl (C=O) groups excluding carboxylic acids is 1. The van der Waals surface area contributed by atoms with Gasteiger partial charge in [0.2, 0.25) is 17.7 Å². The number of piperazine rings is 1. The summed E-state index contributed by atoms with van der Waals surface area (Å²) in [5.41, 5.74) is 0.741. The van der Waals surface area contributed by atoms with Gasteiger partial charge in [0.25, 0.3) is 0 Å². The van der Waals surface area contributed by atoms with Crippen LogP contribution in [-0.2, 0) is 11.2 Å². The van der Waals surface area contributed by atoms with Crippen molar-refractivity contribution in [3.63, 3.8) is 0 Å². The predicted molar refractivity (Wildman–Crippen MR) is 90.0 cm³/mol. The standard InChI is InChI=1S/C16H24N6O3/c1-4-13-17-16(25-20-13)12(3)22-7-5-21(6-8-22)10-14(23)18-15-9-11(2)19-24-15/h9,12H,4-8,10H2,1-3H3,(H,18,23). The molecule has 0 aliphatic carbocycles. The monoisotopic (exact) mass is 348 g/mol. The maximum absolute atomic E-state index is 12.1. The fraction of sp³-hybridized carbons (Fsp3) is 0.625. The lowest BCUT2D eigenvalue weighted by Gasteiger charge is -2.36. The minimum atomic E-state index is -0.0952. The summed E-state index contributed by atoms with van der Waals surface area (Å²) in [5.74, 6) is 1.68. The highest BCUT2D eigenvalue weighted by molar-refractivity contribution is 5.90. The number of amides is 1. The summed E-state index contributed by atoms with van der Waals surface area (Å²) in [6.07, 6.45) is 0.768. The van der Waals surface area contributed by atoms with Crippen molar-refractivity contribution in [2.24, 2.45) is 0 Å². The third-order valence-corrected chi connectivity index (χ3v) is 4.37. The van der Waals surface area contributed by atoms with Crippen molar-refractivity contribution in [1.82, 2.24) is 25.1 Å². The van der Waals surface area contributed by atoms with Crippen molar-refractivity contribution in [3.05, 3.63) is 23.5 Å². The summed E-state index contributed by atoms with van der Waals surface area (Å²) in [5, 5.41) is 10.4. The molecule has 0 radical (unpaired) electrons. The van der Waals surface area contributed by atoms with E-state index in [1.54, 1.807) is 6.07 Å². The van der Waals surface area contributed by atoms with Gasteiger partial charge in [-0.2, -0.15) is 4.98 Å². The molecule has 1 N–H and O–H groups in total. The van der Waals surface area contributed by atoms with E-state index in [0.29, 0.717) is 18.3 Å². The Kier molecular flexibility index (Phi) is 5.44. The van der Waals surface area contributed by atoms with E-state index in [2.05, 4.69) is 37.3 Å². The molecular weight excluding hydrogens is 324 g/mol. The molecule has 0 aromatic carbocycles. The van der Waals surface area contributed by atoms with E-state index in [4.69, 9.17) is 9.05 Å². The molecule has 1 atom stereocenters. The highest BCUT2D eigenvalue weighted by Gasteiger charge is 2.26. The number of aromatic nitrogens is 3. The number of carbonyl (C=O) groups is 1. The summed E-state index contributed by atoms with van der Waals surface area (Å²) >= 11 is 0. The molecule has 136 valence electrons. The average Bonchev–Trinajstić information content (AvgIpc) is 3.24. The zero-order valence-corrected chi connectivity index (χ0v) is 14.9. The Morgan fingerprint density at radius 1 is 1.28 bits per heavy atom. The molecule has 1 aliphatic rings. The number of hydrogen-bond donors (Lipinski definition) is 1. The SMILES string of the molecule is CCc1noc(C(C)N2CCN(CC(=O)Nc3cc(C)no3)CC2)n1.